The molecule has 1 fully saturated rings. The lowest BCUT2D eigenvalue weighted by molar-refractivity contribution is 0.0949. The van der Waals surface area contributed by atoms with Crippen molar-refractivity contribution < 1.29 is 9.53 Å². The standard InChI is InChI=1S/C17H22N4O2/c1-12-14(11-20-21(12)2)7-9-19-17(22)13-6-8-18-16(10-13)23-15-4-3-5-15/h6,8,10-11,15H,3-5,7,9H2,1-2H3,(H,19,22). The third kappa shape index (κ3) is 3.70. The average molecular weight is 314 g/mol. The third-order valence-electron chi connectivity index (χ3n) is 4.35. The molecule has 0 bridgehead atoms. The number of amides is 1. The van der Waals surface area contributed by atoms with Gasteiger partial charge < -0.3 is 10.1 Å². The fourth-order valence-electron chi connectivity index (χ4n) is 2.48. The number of aromatic nitrogens is 3. The summed E-state index contributed by atoms with van der Waals surface area (Å²) in [6.07, 6.45) is 7.84. The topological polar surface area (TPSA) is 69.0 Å². The van der Waals surface area contributed by atoms with Gasteiger partial charge in [-0.3, -0.25) is 9.48 Å². The molecule has 1 saturated carbocycles. The molecule has 0 aromatic carbocycles. The predicted octanol–water partition coefficient (Wildman–Crippen LogP) is 2.03. The summed E-state index contributed by atoms with van der Waals surface area (Å²) in [4.78, 5) is 16.4. The van der Waals surface area contributed by atoms with Crippen LogP contribution < -0.4 is 10.1 Å². The molecule has 3 rings (SSSR count). The Morgan fingerprint density at radius 3 is 2.96 bits per heavy atom. The smallest absolute Gasteiger partial charge is 0.251 e. The summed E-state index contributed by atoms with van der Waals surface area (Å²) < 4.78 is 7.57. The highest BCUT2D eigenvalue weighted by Gasteiger charge is 2.20. The van der Waals surface area contributed by atoms with Crippen LogP contribution in [0.25, 0.3) is 0 Å². The van der Waals surface area contributed by atoms with Crippen LogP contribution in [0.15, 0.2) is 24.5 Å². The minimum atomic E-state index is -0.104. The first-order valence-electron chi connectivity index (χ1n) is 8.02. The summed E-state index contributed by atoms with van der Waals surface area (Å²) in [5.74, 6) is 0.429. The molecule has 0 saturated heterocycles. The Morgan fingerprint density at radius 2 is 2.30 bits per heavy atom. The zero-order valence-electron chi connectivity index (χ0n) is 13.6. The molecule has 0 spiro atoms. The molecule has 1 aliphatic carbocycles. The second-order valence-electron chi connectivity index (χ2n) is 5.94. The second kappa shape index (κ2) is 6.81. The maximum atomic E-state index is 12.2. The van der Waals surface area contributed by atoms with Crippen LogP contribution in [0.4, 0.5) is 0 Å². The van der Waals surface area contributed by atoms with E-state index in [1.165, 1.54) is 6.42 Å². The Bertz CT molecular complexity index is 692. The number of ether oxygens (including phenoxy) is 1. The van der Waals surface area contributed by atoms with Crippen molar-refractivity contribution in [3.8, 4) is 5.88 Å². The molecule has 1 aliphatic rings. The fourth-order valence-corrected chi connectivity index (χ4v) is 2.48. The number of hydrogen-bond acceptors (Lipinski definition) is 4. The van der Waals surface area contributed by atoms with Gasteiger partial charge in [0.15, 0.2) is 0 Å². The van der Waals surface area contributed by atoms with Gasteiger partial charge in [0.05, 0.1) is 6.20 Å². The number of pyridine rings is 1. The Hall–Kier alpha value is -2.37. The Kier molecular flexibility index (Phi) is 4.60. The van der Waals surface area contributed by atoms with E-state index in [9.17, 15) is 4.79 Å². The van der Waals surface area contributed by atoms with Gasteiger partial charge >= 0.3 is 0 Å². The SMILES string of the molecule is Cc1c(CCNC(=O)c2ccnc(OC3CCC3)c2)cnn1C. The molecule has 122 valence electrons. The summed E-state index contributed by atoms with van der Waals surface area (Å²) in [7, 11) is 1.91. The summed E-state index contributed by atoms with van der Waals surface area (Å²) in [5.41, 5.74) is 2.85. The van der Waals surface area contributed by atoms with Crippen LogP contribution in [0.3, 0.4) is 0 Å². The molecule has 6 nitrogen and oxygen atoms in total. The third-order valence-corrected chi connectivity index (χ3v) is 4.35. The molecule has 2 aromatic rings. The van der Waals surface area contributed by atoms with E-state index < -0.39 is 0 Å². The lowest BCUT2D eigenvalue weighted by atomic mass is 9.96. The fraction of sp³-hybridized carbons (Fsp3) is 0.471. The van der Waals surface area contributed by atoms with Crippen molar-refractivity contribution in [1.29, 1.82) is 0 Å². The quantitative estimate of drug-likeness (QED) is 0.886. The van der Waals surface area contributed by atoms with E-state index in [1.54, 1.807) is 18.3 Å². The van der Waals surface area contributed by atoms with Crippen LogP contribution in [0.1, 0.15) is 40.9 Å². The molecule has 2 heterocycles. The van der Waals surface area contributed by atoms with Gasteiger partial charge in [-0.25, -0.2) is 4.98 Å². The van der Waals surface area contributed by atoms with Gasteiger partial charge in [-0.05, 0) is 44.2 Å². The molecule has 0 aliphatic heterocycles. The van der Waals surface area contributed by atoms with Gasteiger partial charge in [-0.1, -0.05) is 0 Å². The van der Waals surface area contributed by atoms with Crippen LogP contribution in [-0.2, 0) is 13.5 Å². The monoisotopic (exact) mass is 314 g/mol. The molecule has 2 aromatic heterocycles. The van der Waals surface area contributed by atoms with Gasteiger partial charge in [-0.15, -0.1) is 0 Å². The number of carbonyl (C=O) groups is 1. The summed E-state index contributed by atoms with van der Waals surface area (Å²) in [5, 5.41) is 7.14. The zero-order chi connectivity index (χ0) is 16.2. The van der Waals surface area contributed by atoms with Crippen molar-refractivity contribution in [2.45, 2.75) is 38.7 Å². The number of rotatable bonds is 6. The van der Waals surface area contributed by atoms with Crippen LogP contribution in [0, 0.1) is 6.92 Å². The van der Waals surface area contributed by atoms with Gasteiger partial charge in [0.25, 0.3) is 5.91 Å². The van der Waals surface area contributed by atoms with Crippen molar-refractivity contribution in [1.82, 2.24) is 20.1 Å². The molecular weight excluding hydrogens is 292 g/mol. The highest BCUT2D eigenvalue weighted by Crippen LogP contribution is 2.24. The Morgan fingerprint density at radius 1 is 1.48 bits per heavy atom. The molecule has 1 N–H and O–H groups in total. The van der Waals surface area contributed by atoms with Crippen LogP contribution >= 0.6 is 0 Å². The molecule has 0 radical (unpaired) electrons. The first kappa shape index (κ1) is 15.5. The van der Waals surface area contributed by atoms with Crippen LogP contribution in [0.2, 0.25) is 0 Å². The highest BCUT2D eigenvalue weighted by molar-refractivity contribution is 5.94. The first-order valence-corrected chi connectivity index (χ1v) is 8.02. The van der Waals surface area contributed by atoms with Crippen molar-refractivity contribution in [3.05, 3.63) is 41.3 Å². The number of hydrogen-bond donors (Lipinski definition) is 1. The Labute approximate surface area is 135 Å². The van der Waals surface area contributed by atoms with Gasteiger partial charge in [-0.2, -0.15) is 5.10 Å². The number of nitrogens with one attached hydrogen (secondary N) is 1. The largest absolute Gasteiger partial charge is 0.474 e. The maximum Gasteiger partial charge on any atom is 0.251 e. The average Bonchev–Trinajstić information content (AvgIpc) is 2.83. The summed E-state index contributed by atoms with van der Waals surface area (Å²) in [6.45, 7) is 2.60. The van der Waals surface area contributed by atoms with E-state index >= 15 is 0 Å². The minimum absolute atomic E-state index is 0.104. The molecule has 1 amide bonds. The lowest BCUT2D eigenvalue weighted by Gasteiger charge is -2.25. The number of carbonyl (C=O) groups excluding carboxylic acids is 1. The predicted molar refractivity (Wildman–Crippen MR) is 86.5 cm³/mol. The lowest BCUT2D eigenvalue weighted by Crippen LogP contribution is -2.27. The minimum Gasteiger partial charge on any atom is -0.474 e. The first-order chi connectivity index (χ1) is 11.1. The number of nitrogens with zero attached hydrogens (tertiary/aromatic N) is 3. The molecule has 0 atom stereocenters. The van der Waals surface area contributed by atoms with E-state index in [2.05, 4.69) is 15.4 Å². The highest BCUT2D eigenvalue weighted by atomic mass is 16.5. The molecular formula is C17H22N4O2. The van der Waals surface area contributed by atoms with E-state index in [0.717, 1.165) is 30.5 Å². The van der Waals surface area contributed by atoms with E-state index in [1.807, 2.05) is 24.9 Å². The Balaban J connectivity index is 1.53. The van der Waals surface area contributed by atoms with E-state index in [-0.39, 0.29) is 12.0 Å². The van der Waals surface area contributed by atoms with E-state index in [0.29, 0.717) is 18.0 Å². The second-order valence-corrected chi connectivity index (χ2v) is 5.94. The van der Waals surface area contributed by atoms with Crippen molar-refractivity contribution >= 4 is 5.91 Å². The van der Waals surface area contributed by atoms with Gasteiger partial charge in [0.1, 0.15) is 6.10 Å². The van der Waals surface area contributed by atoms with Crippen molar-refractivity contribution in [2.24, 2.45) is 7.05 Å². The molecule has 0 unspecified atom stereocenters. The van der Waals surface area contributed by atoms with Gasteiger partial charge in [0, 0.05) is 37.1 Å². The summed E-state index contributed by atoms with van der Waals surface area (Å²) >= 11 is 0. The zero-order valence-corrected chi connectivity index (χ0v) is 13.6. The van der Waals surface area contributed by atoms with E-state index in [4.69, 9.17) is 4.74 Å². The summed E-state index contributed by atoms with van der Waals surface area (Å²) in [6, 6.07) is 3.42. The van der Waals surface area contributed by atoms with Crippen LogP contribution in [0.5, 0.6) is 5.88 Å². The molecule has 23 heavy (non-hydrogen) atoms. The number of aryl methyl sites for hydroxylation is 1. The van der Waals surface area contributed by atoms with Crippen molar-refractivity contribution in [3.63, 3.8) is 0 Å². The van der Waals surface area contributed by atoms with Crippen LogP contribution in [-0.4, -0.2) is 33.3 Å². The normalized spacial score (nSPS) is 14.3. The van der Waals surface area contributed by atoms with Gasteiger partial charge in [0.2, 0.25) is 5.88 Å². The van der Waals surface area contributed by atoms with Crippen molar-refractivity contribution in [2.75, 3.05) is 6.54 Å². The maximum absolute atomic E-state index is 12.2. The molecule has 6 heteroatoms.